The molecule has 0 radical (unpaired) electrons. The van der Waals surface area contributed by atoms with Crippen LogP contribution in [0.5, 0.6) is 0 Å². The molecule has 2 amide bonds. The van der Waals surface area contributed by atoms with Crippen LogP contribution in [0.25, 0.3) is 0 Å². The van der Waals surface area contributed by atoms with E-state index in [1.165, 1.54) is 6.08 Å². The molecule has 9 heteroatoms. The number of amides is 2. The smallest absolute Gasteiger partial charge is 0.245 e. The number of rotatable bonds is 9. The van der Waals surface area contributed by atoms with E-state index in [0.29, 0.717) is 37.9 Å². The third kappa shape index (κ3) is 5.44. The second-order valence-electron chi connectivity index (χ2n) is 10.9. The predicted molar refractivity (Wildman–Crippen MR) is 136 cm³/mol. The van der Waals surface area contributed by atoms with Crippen LogP contribution in [0.4, 0.5) is 11.8 Å². The molecule has 0 unspecified atom stereocenters. The van der Waals surface area contributed by atoms with Crippen molar-refractivity contribution in [3.05, 3.63) is 23.9 Å². The first-order valence-electron chi connectivity index (χ1n) is 12.9. The number of aliphatic hydroxyl groups excluding tert-OH is 1. The largest absolute Gasteiger partial charge is 0.394 e. The molecule has 4 rings (SSSR count). The van der Waals surface area contributed by atoms with Crippen molar-refractivity contribution in [2.24, 2.45) is 11.3 Å². The highest BCUT2D eigenvalue weighted by molar-refractivity contribution is 5.87. The van der Waals surface area contributed by atoms with Gasteiger partial charge in [0.1, 0.15) is 5.82 Å². The summed E-state index contributed by atoms with van der Waals surface area (Å²) < 4.78 is 0. The molecule has 0 aromatic carbocycles. The standard InChI is InChI=1S/C26H40N6O3/c1-5-23(35)31-14-26(15-31)12-19(13-33)32(16-26)25-29-21-9-7-6-8-20(21)24(30-25)28-18(10-17(2)3)11-22(34)27-4/h5,17-19,33H,1,6-16H2,2-4H3,(H,27,34)(H,28,29,30)/t18-,19+/m0/s1. The Kier molecular flexibility index (Phi) is 7.64. The molecule has 1 aromatic heterocycles. The van der Waals surface area contributed by atoms with Gasteiger partial charge in [-0.2, -0.15) is 4.98 Å². The molecule has 0 bridgehead atoms. The monoisotopic (exact) mass is 484 g/mol. The summed E-state index contributed by atoms with van der Waals surface area (Å²) in [6.07, 6.45) is 7.46. The minimum absolute atomic E-state index is 0.0109. The predicted octanol–water partition coefficient (Wildman–Crippen LogP) is 1.90. The molecule has 2 atom stereocenters. The van der Waals surface area contributed by atoms with Gasteiger partial charge in [0.05, 0.1) is 18.3 Å². The van der Waals surface area contributed by atoms with Crippen LogP contribution >= 0.6 is 0 Å². The average Bonchev–Trinajstić information content (AvgIpc) is 3.22. The van der Waals surface area contributed by atoms with Gasteiger partial charge in [0.15, 0.2) is 0 Å². The van der Waals surface area contributed by atoms with E-state index < -0.39 is 0 Å². The van der Waals surface area contributed by atoms with Crippen molar-refractivity contribution < 1.29 is 14.7 Å². The molecule has 9 nitrogen and oxygen atoms in total. The van der Waals surface area contributed by atoms with Crippen molar-refractivity contribution >= 4 is 23.6 Å². The van der Waals surface area contributed by atoms with Crippen molar-refractivity contribution in [1.82, 2.24) is 20.2 Å². The number of nitrogens with one attached hydrogen (secondary N) is 2. The molecule has 0 saturated carbocycles. The second kappa shape index (κ2) is 10.5. The molecule has 3 aliphatic rings. The highest BCUT2D eigenvalue weighted by Gasteiger charge is 2.53. The number of carbonyl (C=O) groups is 2. The van der Waals surface area contributed by atoms with Crippen molar-refractivity contribution in [3.8, 4) is 0 Å². The first-order valence-corrected chi connectivity index (χ1v) is 12.9. The van der Waals surface area contributed by atoms with Gasteiger partial charge in [0.2, 0.25) is 17.8 Å². The van der Waals surface area contributed by atoms with E-state index in [1.807, 2.05) is 0 Å². The Labute approximate surface area is 208 Å². The fraction of sp³-hybridized carbons (Fsp3) is 0.692. The zero-order valence-electron chi connectivity index (χ0n) is 21.3. The van der Waals surface area contributed by atoms with Crippen LogP contribution in [0, 0.1) is 11.3 Å². The zero-order chi connectivity index (χ0) is 25.2. The van der Waals surface area contributed by atoms with E-state index >= 15 is 0 Å². The molecule has 1 aromatic rings. The van der Waals surface area contributed by atoms with Crippen LogP contribution in [0.3, 0.4) is 0 Å². The van der Waals surface area contributed by atoms with Gasteiger partial charge in [-0.1, -0.05) is 20.4 Å². The summed E-state index contributed by atoms with van der Waals surface area (Å²) in [4.78, 5) is 38.1. The second-order valence-corrected chi connectivity index (χ2v) is 10.9. The molecule has 1 spiro atoms. The molecular formula is C26H40N6O3. The SMILES string of the molecule is C=CC(=O)N1CC2(C[C@H](CO)N(c3nc4c(c(N[C@H](CC(=O)NC)CC(C)C)n3)CCCC4)C2)C1. The molecule has 2 saturated heterocycles. The van der Waals surface area contributed by atoms with Gasteiger partial charge in [-0.05, 0) is 50.5 Å². The number of anilines is 2. The number of fused-ring (bicyclic) bond motifs is 1. The molecule has 2 aliphatic heterocycles. The van der Waals surface area contributed by atoms with Crippen LogP contribution in [0.1, 0.15) is 57.2 Å². The Balaban J connectivity index is 1.61. The zero-order valence-corrected chi connectivity index (χ0v) is 21.3. The Hall–Kier alpha value is -2.68. The van der Waals surface area contributed by atoms with E-state index in [2.05, 4.69) is 36.0 Å². The maximum atomic E-state index is 12.2. The lowest BCUT2D eigenvalue weighted by Gasteiger charge is -2.47. The Morgan fingerprint density at radius 1 is 1.23 bits per heavy atom. The van der Waals surface area contributed by atoms with Gasteiger partial charge in [-0.25, -0.2) is 4.98 Å². The summed E-state index contributed by atoms with van der Waals surface area (Å²) in [6, 6.07) is -0.102. The van der Waals surface area contributed by atoms with Crippen molar-refractivity contribution in [1.29, 1.82) is 0 Å². The molecule has 2 fully saturated rings. The van der Waals surface area contributed by atoms with E-state index in [1.54, 1.807) is 11.9 Å². The number of carbonyl (C=O) groups excluding carboxylic acids is 2. The third-order valence-corrected chi connectivity index (χ3v) is 7.60. The lowest BCUT2D eigenvalue weighted by Crippen LogP contribution is -2.59. The van der Waals surface area contributed by atoms with E-state index in [4.69, 9.17) is 9.97 Å². The Morgan fingerprint density at radius 2 is 1.97 bits per heavy atom. The van der Waals surface area contributed by atoms with E-state index in [-0.39, 0.29) is 35.9 Å². The number of aromatic nitrogens is 2. The lowest BCUT2D eigenvalue weighted by atomic mass is 9.78. The van der Waals surface area contributed by atoms with Crippen LogP contribution in [0.15, 0.2) is 12.7 Å². The van der Waals surface area contributed by atoms with Crippen molar-refractivity contribution in [2.45, 2.75) is 70.9 Å². The first-order chi connectivity index (χ1) is 16.8. The minimum Gasteiger partial charge on any atom is -0.394 e. The Morgan fingerprint density at radius 3 is 2.63 bits per heavy atom. The summed E-state index contributed by atoms with van der Waals surface area (Å²) in [5, 5.41) is 16.6. The van der Waals surface area contributed by atoms with Gasteiger partial charge < -0.3 is 25.5 Å². The van der Waals surface area contributed by atoms with Gasteiger partial charge in [0.25, 0.3) is 0 Å². The molecule has 1 aliphatic carbocycles. The maximum Gasteiger partial charge on any atom is 0.245 e. The molecular weight excluding hydrogens is 444 g/mol. The van der Waals surface area contributed by atoms with Crippen LogP contribution in [-0.2, 0) is 22.4 Å². The summed E-state index contributed by atoms with van der Waals surface area (Å²) in [6.45, 7) is 9.99. The quantitative estimate of drug-likeness (QED) is 0.459. The number of aliphatic hydroxyl groups is 1. The molecule has 3 heterocycles. The van der Waals surface area contributed by atoms with Gasteiger partial charge in [0, 0.05) is 50.1 Å². The Bertz CT molecular complexity index is 959. The van der Waals surface area contributed by atoms with Crippen molar-refractivity contribution in [2.75, 3.05) is 43.5 Å². The third-order valence-electron chi connectivity index (χ3n) is 7.60. The fourth-order valence-electron chi connectivity index (χ4n) is 5.95. The van der Waals surface area contributed by atoms with Gasteiger partial charge >= 0.3 is 0 Å². The van der Waals surface area contributed by atoms with Crippen molar-refractivity contribution in [3.63, 3.8) is 0 Å². The molecule has 35 heavy (non-hydrogen) atoms. The first kappa shape index (κ1) is 25.4. The highest BCUT2D eigenvalue weighted by atomic mass is 16.3. The topological polar surface area (TPSA) is 111 Å². The van der Waals surface area contributed by atoms with Gasteiger partial charge in [-0.3, -0.25) is 9.59 Å². The number of likely N-dealkylation sites (tertiary alicyclic amines) is 1. The number of nitrogens with zero attached hydrogens (tertiary/aromatic N) is 4. The number of hydrogen-bond donors (Lipinski definition) is 3. The van der Waals surface area contributed by atoms with Crippen LogP contribution < -0.4 is 15.5 Å². The van der Waals surface area contributed by atoms with Gasteiger partial charge in [-0.15, -0.1) is 0 Å². The lowest BCUT2D eigenvalue weighted by molar-refractivity contribution is -0.136. The number of aryl methyl sites for hydroxylation is 1. The fourth-order valence-corrected chi connectivity index (χ4v) is 5.95. The summed E-state index contributed by atoms with van der Waals surface area (Å²) in [7, 11) is 1.67. The van der Waals surface area contributed by atoms with Crippen LogP contribution in [-0.4, -0.2) is 77.2 Å². The van der Waals surface area contributed by atoms with E-state index in [9.17, 15) is 14.7 Å². The summed E-state index contributed by atoms with van der Waals surface area (Å²) >= 11 is 0. The maximum absolute atomic E-state index is 12.2. The average molecular weight is 485 g/mol. The normalized spacial score (nSPS) is 21.5. The minimum atomic E-state index is -0.0807. The highest BCUT2D eigenvalue weighted by Crippen LogP contribution is 2.44. The number of hydrogen-bond acceptors (Lipinski definition) is 7. The van der Waals surface area contributed by atoms with E-state index in [0.717, 1.165) is 55.6 Å². The molecule has 192 valence electrons. The molecule has 3 N–H and O–H groups in total. The van der Waals surface area contributed by atoms with Crippen LogP contribution in [0.2, 0.25) is 0 Å². The summed E-state index contributed by atoms with van der Waals surface area (Å²) in [5.41, 5.74) is 2.19. The summed E-state index contributed by atoms with van der Waals surface area (Å²) in [5.74, 6) is 1.87.